The van der Waals surface area contributed by atoms with E-state index < -0.39 is 17.6 Å². The lowest BCUT2D eigenvalue weighted by atomic mass is 9.47. The molecular weight excluding hydrogens is 513 g/mol. The molecule has 3 fully saturated rings. The van der Waals surface area contributed by atoms with Crippen LogP contribution >= 0.6 is 0 Å². The maximum Gasteiger partial charge on any atom is 0.275 e. The molecule has 1 aromatic rings. The van der Waals surface area contributed by atoms with Crippen LogP contribution in [-0.4, -0.2) is 33.9 Å². The third-order valence-corrected chi connectivity index (χ3v) is 12.1. The molecule has 4 aliphatic carbocycles. The van der Waals surface area contributed by atoms with Crippen LogP contribution in [0.4, 0.5) is 13.2 Å². The van der Waals surface area contributed by atoms with Crippen LogP contribution in [0.5, 0.6) is 0 Å². The molecule has 0 amide bonds. The molecule has 6 heteroatoms. The van der Waals surface area contributed by atoms with Gasteiger partial charge in [0, 0.05) is 12.8 Å². The standard InChI is InChI=1S/C34H49F3O3/c1-21(13-18-34(36,37)31(2,3)39)23-11-12-24-29-25(14-16-32(23,24)4)33(5)17-15-28(30(38)26(33)19-27(29)35)40-20-22-9-7-6-8-10-22/h6-10,21,23-26,28,30,38-39H,11-20H2,1-5H3/t21-,23-,24+,25+,26?,28+,30?,32-,33-/m1/s1. The molecule has 40 heavy (non-hydrogen) atoms. The first kappa shape index (κ1) is 30.1. The number of ether oxygens (including phenoxy) is 1. The molecule has 9 atom stereocenters. The van der Waals surface area contributed by atoms with Gasteiger partial charge in [-0.3, -0.25) is 0 Å². The van der Waals surface area contributed by atoms with Crippen molar-refractivity contribution in [2.75, 3.05) is 0 Å². The summed E-state index contributed by atoms with van der Waals surface area (Å²) in [7, 11) is 0. The van der Waals surface area contributed by atoms with Gasteiger partial charge < -0.3 is 14.9 Å². The highest BCUT2D eigenvalue weighted by Crippen LogP contribution is 2.68. The molecule has 1 aromatic carbocycles. The Bertz CT molecular complexity index is 1080. The van der Waals surface area contributed by atoms with Gasteiger partial charge in [0.2, 0.25) is 0 Å². The summed E-state index contributed by atoms with van der Waals surface area (Å²) < 4.78 is 51.4. The van der Waals surface area contributed by atoms with Crippen molar-refractivity contribution in [3.8, 4) is 0 Å². The number of alkyl halides is 2. The number of aliphatic hydroxyl groups is 2. The quantitative estimate of drug-likeness (QED) is 0.335. The zero-order valence-electron chi connectivity index (χ0n) is 24.9. The summed E-state index contributed by atoms with van der Waals surface area (Å²) in [5.74, 6) is -2.75. The Morgan fingerprint density at radius 1 is 1.00 bits per heavy atom. The van der Waals surface area contributed by atoms with Crippen LogP contribution in [0.3, 0.4) is 0 Å². The van der Waals surface area contributed by atoms with Gasteiger partial charge in [0.25, 0.3) is 5.92 Å². The van der Waals surface area contributed by atoms with E-state index in [0.717, 1.165) is 49.7 Å². The van der Waals surface area contributed by atoms with Gasteiger partial charge in [-0.1, -0.05) is 51.1 Å². The summed E-state index contributed by atoms with van der Waals surface area (Å²) in [5.41, 5.74) is -0.257. The molecule has 5 rings (SSSR count). The summed E-state index contributed by atoms with van der Waals surface area (Å²) in [6.45, 7) is 9.41. The van der Waals surface area contributed by atoms with Gasteiger partial charge in [0.1, 0.15) is 11.4 Å². The second-order valence-corrected chi connectivity index (χ2v) is 14.7. The number of rotatable bonds is 8. The molecule has 0 bridgehead atoms. The lowest BCUT2D eigenvalue weighted by Crippen LogP contribution is -2.56. The van der Waals surface area contributed by atoms with Crippen LogP contribution in [0.25, 0.3) is 0 Å². The van der Waals surface area contributed by atoms with Crippen molar-refractivity contribution < 1.29 is 28.1 Å². The molecular formula is C34H49F3O3. The molecule has 0 aromatic heterocycles. The van der Waals surface area contributed by atoms with Crippen LogP contribution in [-0.2, 0) is 11.3 Å². The molecule has 3 saturated carbocycles. The number of benzene rings is 1. The minimum absolute atomic E-state index is 0.0342. The smallest absolute Gasteiger partial charge is 0.275 e. The number of fused-ring (bicyclic) bond motifs is 5. The van der Waals surface area contributed by atoms with Crippen LogP contribution in [0, 0.1) is 40.4 Å². The maximum absolute atomic E-state index is 16.2. The van der Waals surface area contributed by atoms with Gasteiger partial charge in [-0.05, 0) is 110 Å². The molecule has 0 aliphatic heterocycles. The highest BCUT2D eigenvalue weighted by atomic mass is 19.3. The van der Waals surface area contributed by atoms with E-state index in [4.69, 9.17) is 4.74 Å². The summed E-state index contributed by atoms with van der Waals surface area (Å²) in [5, 5.41) is 21.4. The number of halogens is 3. The van der Waals surface area contributed by atoms with Crippen LogP contribution in [0.2, 0.25) is 0 Å². The van der Waals surface area contributed by atoms with E-state index in [9.17, 15) is 19.0 Å². The molecule has 2 N–H and O–H groups in total. The SMILES string of the molecule is C[C@H](CCC(F)(F)C(C)(C)O)[C@H]1CC[C@H]2C3=C(F)CC4C(O)[C@@H](OCc5ccccc5)CC[C@]4(C)[C@H]3CC[C@]12C. The van der Waals surface area contributed by atoms with Crippen molar-refractivity contribution in [2.24, 2.45) is 40.4 Å². The fourth-order valence-corrected chi connectivity index (χ4v) is 9.42. The van der Waals surface area contributed by atoms with Crippen molar-refractivity contribution in [2.45, 2.75) is 123 Å². The number of aliphatic hydroxyl groups excluding tert-OH is 1. The molecule has 0 radical (unpaired) electrons. The lowest BCUT2D eigenvalue weighted by Gasteiger charge is -2.59. The second-order valence-electron chi connectivity index (χ2n) is 14.7. The summed E-state index contributed by atoms with van der Waals surface area (Å²) >= 11 is 0. The lowest BCUT2D eigenvalue weighted by molar-refractivity contribution is -0.168. The number of hydrogen-bond acceptors (Lipinski definition) is 3. The first-order valence-corrected chi connectivity index (χ1v) is 15.5. The van der Waals surface area contributed by atoms with E-state index in [1.807, 2.05) is 30.3 Å². The Morgan fingerprint density at radius 3 is 2.33 bits per heavy atom. The topological polar surface area (TPSA) is 49.7 Å². The van der Waals surface area contributed by atoms with Gasteiger partial charge in [-0.2, -0.15) is 0 Å². The van der Waals surface area contributed by atoms with Crippen molar-refractivity contribution in [3.63, 3.8) is 0 Å². The largest absolute Gasteiger partial charge is 0.390 e. The van der Waals surface area contributed by atoms with E-state index in [1.165, 1.54) is 13.8 Å². The molecule has 224 valence electrons. The Morgan fingerprint density at radius 2 is 1.65 bits per heavy atom. The fraction of sp³-hybridized carbons (Fsp3) is 0.765. The van der Waals surface area contributed by atoms with Crippen LogP contribution < -0.4 is 0 Å². The monoisotopic (exact) mass is 562 g/mol. The third-order valence-electron chi connectivity index (χ3n) is 12.1. The van der Waals surface area contributed by atoms with Gasteiger partial charge in [-0.15, -0.1) is 0 Å². The fourth-order valence-electron chi connectivity index (χ4n) is 9.42. The first-order chi connectivity index (χ1) is 18.7. The Kier molecular flexibility index (Phi) is 8.07. The number of hydrogen-bond donors (Lipinski definition) is 2. The zero-order valence-corrected chi connectivity index (χ0v) is 24.9. The number of allylic oxidation sites excluding steroid dienone is 2. The molecule has 3 nitrogen and oxygen atoms in total. The van der Waals surface area contributed by atoms with Crippen molar-refractivity contribution in [1.82, 2.24) is 0 Å². The van der Waals surface area contributed by atoms with Crippen molar-refractivity contribution in [1.29, 1.82) is 0 Å². The van der Waals surface area contributed by atoms with Gasteiger partial charge in [0.15, 0.2) is 0 Å². The van der Waals surface area contributed by atoms with Crippen LogP contribution in [0.1, 0.15) is 98.0 Å². The summed E-state index contributed by atoms with van der Waals surface area (Å²) in [4.78, 5) is 0. The van der Waals surface area contributed by atoms with E-state index in [-0.39, 0.29) is 65.2 Å². The average molecular weight is 563 g/mol. The second kappa shape index (κ2) is 10.7. The van der Waals surface area contributed by atoms with E-state index in [2.05, 4.69) is 20.8 Å². The predicted octanol–water partition coefficient (Wildman–Crippen LogP) is 8.24. The molecule has 2 unspecified atom stereocenters. The van der Waals surface area contributed by atoms with Gasteiger partial charge in [0.05, 0.1) is 18.8 Å². The van der Waals surface area contributed by atoms with Gasteiger partial charge >= 0.3 is 0 Å². The third kappa shape index (κ3) is 5.08. The Balaban J connectivity index is 1.31. The maximum atomic E-state index is 16.2. The normalized spacial score (nSPS) is 39.0. The van der Waals surface area contributed by atoms with E-state index >= 15 is 4.39 Å². The minimum Gasteiger partial charge on any atom is -0.390 e. The average Bonchev–Trinajstić information content (AvgIpc) is 3.25. The van der Waals surface area contributed by atoms with E-state index in [0.29, 0.717) is 13.0 Å². The van der Waals surface area contributed by atoms with Crippen molar-refractivity contribution in [3.05, 3.63) is 47.3 Å². The highest BCUT2D eigenvalue weighted by Gasteiger charge is 2.61. The molecule has 0 spiro atoms. The highest BCUT2D eigenvalue weighted by molar-refractivity contribution is 5.31. The zero-order chi connectivity index (χ0) is 29.1. The van der Waals surface area contributed by atoms with Crippen LogP contribution in [0.15, 0.2) is 41.7 Å². The molecule has 0 saturated heterocycles. The molecule has 0 heterocycles. The molecule has 4 aliphatic rings. The van der Waals surface area contributed by atoms with Gasteiger partial charge in [-0.25, -0.2) is 13.2 Å². The Hall–Kier alpha value is -1.37. The summed E-state index contributed by atoms with van der Waals surface area (Å²) in [6.07, 6.45) is 4.64. The van der Waals surface area contributed by atoms with E-state index in [1.54, 1.807) is 0 Å². The minimum atomic E-state index is -3.13. The Labute approximate surface area is 238 Å². The van der Waals surface area contributed by atoms with Crippen molar-refractivity contribution >= 4 is 0 Å². The summed E-state index contributed by atoms with van der Waals surface area (Å²) in [6, 6.07) is 9.96. The predicted molar refractivity (Wildman–Crippen MR) is 151 cm³/mol. The first-order valence-electron chi connectivity index (χ1n) is 15.5.